The highest BCUT2D eigenvalue weighted by molar-refractivity contribution is 7.07. The highest BCUT2D eigenvalue weighted by atomic mass is 32.1. The van der Waals surface area contributed by atoms with E-state index < -0.39 is 6.04 Å². The van der Waals surface area contributed by atoms with Crippen LogP contribution in [0.3, 0.4) is 0 Å². The van der Waals surface area contributed by atoms with Gasteiger partial charge >= 0.3 is 5.97 Å². The summed E-state index contributed by atoms with van der Waals surface area (Å²) in [6, 6.07) is 11.4. The van der Waals surface area contributed by atoms with Crippen molar-refractivity contribution in [2.45, 2.75) is 19.4 Å². The molecule has 106 valence electrons. The summed E-state index contributed by atoms with van der Waals surface area (Å²) in [5, 5.41) is 7.48. The first-order chi connectivity index (χ1) is 9.81. The Hall–Kier alpha value is -1.65. The summed E-state index contributed by atoms with van der Waals surface area (Å²) in [7, 11) is 0. The molecular weight excluding hydrogens is 270 g/mol. The second-order valence-electron chi connectivity index (χ2n) is 4.43. The molecule has 20 heavy (non-hydrogen) atoms. The van der Waals surface area contributed by atoms with Crippen LogP contribution in [0.25, 0.3) is 0 Å². The molecule has 3 nitrogen and oxygen atoms in total. The first-order valence-corrected chi connectivity index (χ1v) is 7.71. The molecule has 1 atom stereocenters. The highest BCUT2D eigenvalue weighted by Crippen LogP contribution is 2.15. The van der Waals surface area contributed by atoms with Gasteiger partial charge in [-0.1, -0.05) is 30.3 Å². The number of carbonyl (C=O) groups is 1. The number of hydrogen-bond donors (Lipinski definition) is 1. The molecule has 0 aliphatic heterocycles. The van der Waals surface area contributed by atoms with Gasteiger partial charge in [0.1, 0.15) is 6.04 Å². The molecule has 0 spiro atoms. The van der Waals surface area contributed by atoms with Crippen LogP contribution in [0.15, 0.2) is 47.2 Å². The largest absolute Gasteiger partial charge is 0.465 e. The molecule has 0 aliphatic carbocycles. The summed E-state index contributed by atoms with van der Waals surface area (Å²) in [5.41, 5.74) is 2.23. The molecule has 0 amide bonds. The van der Waals surface area contributed by atoms with Crippen molar-refractivity contribution < 1.29 is 9.53 Å². The highest BCUT2D eigenvalue weighted by Gasteiger charge is 2.20. The SMILES string of the molecule is CCOC(=O)C(NCCc1ccsc1)c1ccccc1. The van der Waals surface area contributed by atoms with E-state index in [9.17, 15) is 4.79 Å². The van der Waals surface area contributed by atoms with Gasteiger partial charge in [0.05, 0.1) is 6.61 Å². The van der Waals surface area contributed by atoms with E-state index in [0.717, 1.165) is 18.5 Å². The zero-order chi connectivity index (χ0) is 14.2. The Bertz CT molecular complexity index is 511. The summed E-state index contributed by atoms with van der Waals surface area (Å²) in [5.74, 6) is -0.219. The lowest BCUT2D eigenvalue weighted by Crippen LogP contribution is -2.31. The van der Waals surface area contributed by atoms with Crippen LogP contribution in [0, 0.1) is 0 Å². The minimum Gasteiger partial charge on any atom is -0.465 e. The molecule has 0 bridgehead atoms. The first kappa shape index (κ1) is 14.8. The predicted octanol–water partition coefficient (Wildman–Crippen LogP) is 3.18. The second-order valence-corrected chi connectivity index (χ2v) is 5.21. The fraction of sp³-hybridized carbons (Fsp3) is 0.312. The van der Waals surface area contributed by atoms with Crippen LogP contribution in [0.5, 0.6) is 0 Å². The van der Waals surface area contributed by atoms with Crippen LogP contribution < -0.4 is 5.32 Å². The monoisotopic (exact) mass is 289 g/mol. The standard InChI is InChI=1S/C16H19NO2S/c1-2-19-16(18)15(14-6-4-3-5-7-14)17-10-8-13-9-11-20-12-13/h3-7,9,11-12,15,17H,2,8,10H2,1H3. The minimum absolute atomic E-state index is 0.219. The number of nitrogens with one attached hydrogen (secondary N) is 1. The third kappa shape index (κ3) is 4.18. The molecule has 2 aromatic rings. The zero-order valence-corrected chi connectivity index (χ0v) is 12.4. The van der Waals surface area contributed by atoms with E-state index in [1.54, 1.807) is 11.3 Å². The number of esters is 1. The summed E-state index contributed by atoms with van der Waals surface area (Å²) >= 11 is 1.69. The fourth-order valence-corrected chi connectivity index (χ4v) is 2.71. The predicted molar refractivity (Wildman–Crippen MR) is 81.8 cm³/mol. The quantitative estimate of drug-likeness (QED) is 0.796. The Morgan fingerprint density at radius 3 is 2.75 bits per heavy atom. The van der Waals surface area contributed by atoms with Gasteiger partial charge in [0.2, 0.25) is 0 Å². The van der Waals surface area contributed by atoms with Crippen molar-refractivity contribution in [3.63, 3.8) is 0 Å². The van der Waals surface area contributed by atoms with Gasteiger partial charge in [-0.15, -0.1) is 0 Å². The molecule has 4 heteroatoms. The molecule has 1 heterocycles. The van der Waals surface area contributed by atoms with Crippen LogP contribution in [0.1, 0.15) is 24.1 Å². The first-order valence-electron chi connectivity index (χ1n) is 6.77. The molecule has 1 unspecified atom stereocenters. The maximum absolute atomic E-state index is 12.1. The van der Waals surface area contributed by atoms with Crippen LogP contribution in [0.2, 0.25) is 0 Å². The Morgan fingerprint density at radius 1 is 1.30 bits per heavy atom. The molecule has 0 saturated heterocycles. The van der Waals surface area contributed by atoms with Gasteiger partial charge < -0.3 is 10.1 Å². The number of carbonyl (C=O) groups excluding carboxylic acids is 1. The molecule has 1 N–H and O–H groups in total. The lowest BCUT2D eigenvalue weighted by molar-refractivity contribution is -0.145. The van der Waals surface area contributed by atoms with Crippen LogP contribution >= 0.6 is 11.3 Å². The summed E-state index contributed by atoms with van der Waals surface area (Å²) < 4.78 is 5.15. The maximum Gasteiger partial charge on any atom is 0.327 e. The Kier molecular flexibility index (Phi) is 5.77. The van der Waals surface area contributed by atoms with E-state index in [1.807, 2.05) is 37.3 Å². The van der Waals surface area contributed by atoms with E-state index >= 15 is 0 Å². The number of thiophene rings is 1. The van der Waals surface area contributed by atoms with Gasteiger partial charge in [-0.05, 0) is 41.3 Å². The lowest BCUT2D eigenvalue weighted by Gasteiger charge is -2.17. The Morgan fingerprint density at radius 2 is 2.10 bits per heavy atom. The normalized spacial score (nSPS) is 12.1. The molecular formula is C16H19NO2S. The van der Waals surface area contributed by atoms with Gasteiger partial charge in [-0.2, -0.15) is 11.3 Å². The molecule has 0 radical (unpaired) electrons. The molecule has 1 aromatic carbocycles. The Balaban J connectivity index is 1.97. The van der Waals surface area contributed by atoms with Crippen LogP contribution in [-0.4, -0.2) is 19.1 Å². The van der Waals surface area contributed by atoms with E-state index in [1.165, 1.54) is 5.56 Å². The molecule has 2 rings (SSSR count). The van der Waals surface area contributed by atoms with E-state index in [0.29, 0.717) is 6.61 Å². The van der Waals surface area contributed by atoms with Crippen molar-refractivity contribution in [3.8, 4) is 0 Å². The number of benzene rings is 1. The number of ether oxygens (including phenoxy) is 1. The van der Waals surface area contributed by atoms with Gasteiger partial charge in [0.25, 0.3) is 0 Å². The second kappa shape index (κ2) is 7.82. The van der Waals surface area contributed by atoms with E-state index in [4.69, 9.17) is 4.74 Å². The summed E-state index contributed by atoms with van der Waals surface area (Å²) in [4.78, 5) is 12.1. The smallest absolute Gasteiger partial charge is 0.327 e. The summed E-state index contributed by atoms with van der Waals surface area (Å²) in [6.45, 7) is 2.97. The van der Waals surface area contributed by atoms with Gasteiger partial charge in [0.15, 0.2) is 0 Å². The van der Waals surface area contributed by atoms with Crippen molar-refractivity contribution in [1.29, 1.82) is 0 Å². The summed E-state index contributed by atoms with van der Waals surface area (Å²) in [6.07, 6.45) is 0.909. The number of rotatable bonds is 7. The van der Waals surface area contributed by atoms with Crippen molar-refractivity contribution in [2.24, 2.45) is 0 Å². The number of hydrogen-bond acceptors (Lipinski definition) is 4. The van der Waals surface area contributed by atoms with Gasteiger partial charge in [-0.25, -0.2) is 4.79 Å². The van der Waals surface area contributed by atoms with E-state index in [2.05, 4.69) is 22.1 Å². The third-order valence-electron chi connectivity index (χ3n) is 3.00. The van der Waals surface area contributed by atoms with Crippen LogP contribution in [-0.2, 0) is 16.0 Å². The van der Waals surface area contributed by atoms with Crippen LogP contribution in [0.4, 0.5) is 0 Å². The topological polar surface area (TPSA) is 38.3 Å². The zero-order valence-electron chi connectivity index (χ0n) is 11.5. The maximum atomic E-state index is 12.1. The van der Waals surface area contributed by atoms with Gasteiger partial charge in [0, 0.05) is 6.54 Å². The minimum atomic E-state index is -0.394. The van der Waals surface area contributed by atoms with Crippen molar-refractivity contribution in [1.82, 2.24) is 5.32 Å². The van der Waals surface area contributed by atoms with Gasteiger partial charge in [-0.3, -0.25) is 0 Å². The molecule has 0 aliphatic rings. The van der Waals surface area contributed by atoms with Crippen molar-refractivity contribution in [3.05, 3.63) is 58.3 Å². The fourth-order valence-electron chi connectivity index (χ4n) is 2.00. The van der Waals surface area contributed by atoms with E-state index in [-0.39, 0.29) is 5.97 Å². The third-order valence-corrected chi connectivity index (χ3v) is 3.73. The average molecular weight is 289 g/mol. The average Bonchev–Trinajstić information content (AvgIpc) is 2.98. The lowest BCUT2D eigenvalue weighted by atomic mass is 10.1. The molecule has 0 fully saturated rings. The Labute approximate surface area is 123 Å². The molecule has 0 saturated carbocycles. The van der Waals surface area contributed by atoms with Crippen molar-refractivity contribution in [2.75, 3.05) is 13.2 Å². The van der Waals surface area contributed by atoms with Crippen molar-refractivity contribution >= 4 is 17.3 Å². The molecule has 1 aromatic heterocycles.